The normalized spacial score (nSPS) is 19.1. The molecule has 2 aromatic carbocycles. The largest absolute Gasteiger partial charge is 0.486 e. The van der Waals surface area contributed by atoms with E-state index in [1.807, 2.05) is 60.7 Å². The van der Waals surface area contributed by atoms with Crippen molar-refractivity contribution in [2.45, 2.75) is 12.8 Å². The van der Waals surface area contributed by atoms with Gasteiger partial charge in [-0.3, -0.25) is 4.79 Å². The second-order valence-corrected chi connectivity index (χ2v) is 10.0. The van der Waals surface area contributed by atoms with Gasteiger partial charge in [0.2, 0.25) is 15.9 Å². The first-order chi connectivity index (χ1) is 15.4. The van der Waals surface area contributed by atoms with Gasteiger partial charge in [0.1, 0.15) is 13.2 Å². The number of fused-ring (bicyclic) bond motifs is 1. The van der Waals surface area contributed by atoms with Gasteiger partial charge in [-0.05, 0) is 30.5 Å². The van der Waals surface area contributed by atoms with Crippen molar-refractivity contribution >= 4 is 27.7 Å². The average molecular weight is 457 g/mol. The Kier molecular flexibility index (Phi) is 6.81. The van der Waals surface area contributed by atoms with Crippen LogP contribution < -0.4 is 14.4 Å². The number of nitrogens with zero attached hydrogens (tertiary/aromatic N) is 2. The first-order valence-corrected chi connectivity index (χ1v) is 12.6. The lowest BCUT2D eigenvalue weighted by Gasteiger charge is -2.33. The minimum Gasteiger partial charge on any atom is -0.486 e. The molecule has 0 bridgehead atoms. The molecule has 1 unspecified atom stereocenters. The predicted octanol–water partition coefficient (Wildman–Crippen LogP) is 3.18. The molecule has 0 spiro atoms. The summed E-state index contributed by atoms with van der Waals surface area (Å²) < 4.78 is 36.8. The van der Waals surface area contributed by atoms with Crippen LogP contribution in [0.15, 0.2) is 54.6 Å². The van der Waals surface area contributed by atoms with E-state index in [4.69, 9.17) is 9.47 Å². The Balaban J connectivity index is 1.59. The van der Waals surface area contributed by atoms with Crippen molar-refractivity contribution < 1.29 is 22.7 Å². The average Bonchev–Trinajstić information content (AvgIpc) is 2.81. The number of amides is 1. The Morgan fingerprint density at radius 2 is 1.88 bits per heavy atom. The van der Waals surface area contributed by atoms with Crippen molar-refractivity contribution in [2.24, 2.45) is 5.92 Å². The van der Waals surface area contributed by atoms with E-state index in [1.54, 1.807) is 4.90 Å². The van der Waals surface area contributed by atoms with Crippen LogP contribution in [0.25, 0.3) is 6.08 Å². The molecule has 7 nitrogen and oxygen atoms in total. The second kappa shape index (κ2) is 9.75. The fourth-order valence-corrected chi connectivity index (χ4v) is 4.96. The number of piperidine rings is 1. The van der Waals surface area contributed by atoms with E-state index in [2.05, 4.69) is 0 Å². The number of hydrogen-bond acceptors (Lipinski definition) is 5. The predicted molar refractivity (Wildman–Crippen MR) is 124 cm³/mol. The van der Waals surface area contributed by atoms with Crippen molar-refractivity contribution in [3.63, 3.8) is 0 Å². The molecule has 1 saturated heterocycles. The standard InChI is InChI=1S/C24H28N2O5S/c1-32(28,29)25-13-6-10-20(18-25)24(27)26(14-5-9-19-7-3-2-4-8-19)21-11-12-22-23(17-21)31-16-15-30-22/h2-5,7-9,11-12,17,20H,6,10,13-16,18H2,1H3/b9-5+. The second-order valence-electron chi connectivity index (χ2n) is 8.05. The summed E-state index contributed by atoms with van der Waals surface area (Å²) in [7, 11) is -3.34. The molecule has 0 radical (unpaired) electrons. The maximum atomic E-state index is 13.6. The van der Waals surface area contributed by atoms with Gasteiger partial charge < -0.3 is 14.4 Å². The Morgan fingerprint density at radius 1 is 1.12 bits per heavy atom. The van der Waals surface area contributed by atoms with Gasteiger partial charge in [-0.2, -0.15) is 0 Å². The minimum absolute atomic E-state index is 0.0901. The molecule has 0 saturated carbocycles. The quantitative estimate of drug-likeness (QED) is 0.667. The Bertz CT molecular complexity index is 1080. The summed E-state index contributed by atoms with van der Waals surface area (Å²) in [6.45, 7) is 1.99. The molecule has 170 valence electrons. The molecule has 8 heteroatoms. The third-order valence-electron chi connectivity index (χ3n) is 5.70. The van der Waals surface area contributed by atoms with Crippen LogP contribution in [-0.2, 0) is 14.8 Å². The number of rotatable bonds is 6. The fourth-order valence-electron chi connectivity index (χ4n) is 4.05. The minimum atomic E-state index is -3.34. The van der Waals surface area contributed by atoms with Gasteiger partial charge in [-0.1, -0.05) is 42.5 Å². The highest BCUT2D eigenvalue weighted by Gasteiger charge is 2.33. The smallest absolute Gasteiger partial charge is 0.231 e. The van der Waals surface area contributed by atoms with Crippen molar-refractivity contribution in [3.05, 3.63) is 60.2 Å². The molecule has 32 heavy (non-hydrogen) atoms. The van der Waals surface area contributed by atoms with Gasteiger partial charge in [-0.25, -0.2) is 12.7 Å². The van der Waals surface area contributed by atoms with E-state index >= 15 is 0 Å². The molecular formula is C24H28N2O5S. The van der Waals surface area contributed by atoms with Gasteiger partial charge in [0, 0.05) is 31.4 Å². The molecule has 0 aromatic heterocycles. The van der Waals surface area contributed by atoms with E-state index < -0.39 is 15.9 Å². The van der Waals surface area contributed by atoms with E-state index in [9.17, 15) is 13.2 Å². The van der Waals surface area contributed by atoms with Crippen LogP contribution in [0.1, 0.15) is 18.4 Å². The van der Waals surface area contributed by atoms with Gasteiger partial charge in [0.05, 0.1) is 12.2 Å². The maximum absolute atomic E-state index is 13.6. The summed E-state index contributed by atoms with van der Waals surface area (Å²) in [4.78, 5) is 15.3. The Hall–Kier alpha value is -2.84. The summed E-state index contributed by atoms with van der Waals surface area (Å²) in [5.41, 5.74) is 1.75. The molecule has 2 aliphatic rings. The summed E-state index contributed by atoms with van der Waals surface area (Å²) >= 11 is 0. The summed E-state index contributed by atoms with van der Waals surface area (Å²) in [6, 6.07) is 15.4. The lowest BCUT2D eigenvalue weighted by molar-refractivity contribution is -0.123. The van der Waals surface area contributed by atoms with Gasteiger partial charge in [0.15, 0.2) is 11.5 Å². The van der Waals surface area contributed by atoms with Crippen molar-refractivity contribution in [1.82, 2.24) is 4.31 Å². The summed E-state index contributed by atoms with van der Waals surface area (Å²) in [5, 5.41) is 0. The van der Waals surface area contributed by atoms with Gasteiger partial charge in [0.25, 0.3) is 0 Å². The monoisotopic (exact) mass is 456 g/mol. The third kappa shape index (κ3) is 5.31. The number of carbonyl (C=O) groups excluding carboxylic acids is 1. The first-order valence-electron chi connectivity index (χ1n) is 10.8. The molecule has 1 fully saturated rings. The number of carbonyl (C=O) groups is 1. The topological polar surface area (TPSA) is 76.2 Å². The Morgan fingerprint density at radius 3 is 2.62 bits per heavy atom. The zero-order valence-corrected chi connectivity index (χ0v) is 19.0. The zero-order valence-electron chi connectivity index (χ0n) is 18.1. The van der Waals surface area contributed by atoms with E-state index in [1.165, 1.54) is 10.6 Å². The SMILES string of the molecule is CS(=O)(=O)N1CCCC(C(=O)N(C/C=C/c2ccccc2)c2ccc3c(c2)OCCO3)C1. The van der Waals surface area contributed by atoms with Crippen LogP contribution in [0, 0.1) is 5.92 Å². The van der Waals surface area contributed by atoms with Crippen LogP contribution in [-0.4, -0.2) is 57.7 Å². The number of hydrogen-bond donors (Lipinski definition) is 0. The third-order valence-corrected chi connectivity index (χ3v) is 6.97. The molecule has 2 heterocycles. The molecule has 0 aliphatic carbocycles. The van der Waals surface area contributed by atoms with Gasteiger partial charge >= 0.3 is 0 Å². The fraction of sp³-hybridized carbons (Fsp3) is 0.375. The lowest BCUT2D eigenvalue weighted by Crippen LogP contribution is -2.46. The van der Waals surface area contributed by atoms with Crippen molar-refractivity contribution in [2.75, 3.05) is 44.0 Å². The first kappa shape index (κ1) is 22.4. The summed E-state index contributed by atoms with van der Waals surface area (Å²) in [6.07, 6.45) is 6.44. The van der Waals surface area contributed by atoms with E-state index in [0.29, 0.717) is 56.3 Å². The van der Waals surface area contributed by atoms with E-state index in [0.717, 1.165) is 5.56 Å². The molecule has 4 rings (SSSR count). The molecular weight excluding hydrogens is 428 g/mol. The molecule has 0 N–H and O–H groups in total. The lowest BCUT2D eigenvalue weighted by atomic mass is 9.97. The van der Waals surface area contributed by atoms with Crippen LogP contribution in [0.2, 0.25) is 0 Å². The molecule has 1 atom stereocenters. The van der Waals surface area contributed by atoms with Crippen LogP contribution >= 0.6 is 0 Å². The maximum Gasteiger partial charge on any atom is 0.231 e. The number of sulfonamides is 1. The summed E-state index contributed by atoms with van der Waals surface area (Å²) in [5.74, 6) is 0.790. The van der Waals surface area contributed by atoms with E-state index in [-0.39, 0.29) is 12.5 Å². The number of ether oxygens (including phenoxy) is 2. The molecule has 1 amide bonds. The number of anilines is 1. The van der Waals surface area contributed by atoms with Crippen LogP contribution in [0.4, 0.5) is 5.69 Å². The number of benzene rings is 2. The van der Waals surface area contributed by atoms with Gasteiger partial charge in [-0.15, -0.1) is 0 Å². The van der Waals surface area contributed by atoms with Crippen LogP contribution in [0.3, 0.4) is 0 Å². The van der Waals surface area contributed by atoms with Crippen LogP contribution in [0.5, 0.6) is 11.5 Å². The Labute approximate surface area is 189 Å². The zero-order chi connectivity index (χ0) is 22.6. The molecule has 2 aromatic rings. The highest BCUT2D eigenvalue weighted by molar-refractivity contribution is 7.88. The highest BCUT2D eigenvalue weighted by atomic mass is 32.2. The van der Waals surface area contributed by atoms with Crippen molar-refractivity contribution in [3.8, 4) is 11.5 Å². The highest BCUT2D eigenvalue weighted by Crippen LogP contribution is 2.35. The molecule has 2 aliphatic heterocycles. The van der Waals surface area contributed by atoms with Crippen molar-refractivity contribution in [1.29, 1.82) is 0 Å².